The van der Waals surface area contributed by atoms with Crippen LogP contribution in [0.1, 0.15) is 5.56 Å². The molecule has 0 aromatic heterocycles. The zero-order valence-electron chi connectivity index (χ0n) is 10.4. The van der Waals surface area contributed by atoms with Crippen molar-refractivity contribution in [3.05, 3.63) is 42.0 Å². The lowest BCUT2D eigenvalue weighted by Crippen LogP contribution is -2.39. The van der Waals surface area contributed by atoms with Crippen molar-refractivity contribution in [1.82, 2.24) is 0 Å². The lowest BCUT2D eigenvalue weighted by atomic mass is 9.98. The van der Waals surface area contributed by atoms with Crippen molar-refractivity contribution >= 4 is 10.8 Å². The van der Waals surface area contributed by atoms with E-state index in [0.29, 0.717) is 11.3 Å². The van der Waals surface area contributed by atoms with Gasteiger partial charge in [0.05, 0.1) is 7.11 Å². The van der Waals surface area contributed by atoms with Gasteiger partial charge in [0.15, 0.2) is 0 Å². The summed E-state index contributed by atoms with van der Waals surface area (Å²) in [6, 6.07) is 8.82. The molecule has 0 heterocycles. The minimum Gasteiger partial charge on any atom is -0.496 e. The molecular formula is C14H14F3NO. The number of ether oxygens (including phenoxy) is 1. The number of rotatable bonds is 3. The zero-order chi connectivity index (χ0) is 14.0. The van der Waals surface area contributed by atoms with Crippen LogP contribution in [0.4, 0.5) is 13.2 Å². The van der Waals surface area contributed by atoms with Crippen LogP contribution >= 0.6 is 0 Å². The first-order valence-electron chi connectivity index (χ1n) is 5.80. The third-order valence-corrected chi connectivity index (χ3v) is 3.06. The molecule has 2 nitrogen and oxygen atoms in total. The molecule has 0 bridgehead atoms. The van der Waals surface area contributed by atoms with Crippen molar-refractivity contribution in [2.24, 2.45) is 5.73 Å². The maximum Gasteiger partial charge on any atom is 0.403 e. The van der Waals surface area contributed by atoms with E-state index in [9.17, 15) is 13.2 Å². The van der Waals surface area contributed by atoms with E-state index < -0.39 is 12.2 Å². The number of alkyl halides is 3. The Morgan fingerprint density at radius 2 is 1.84 bits per heavy atom. The van der Waals surface area contributed by atoms with E-state index in [1.165, 1.54) is 7.11 Å². The van der Waals surface area contributed by atoms with Gasteiger partial charge < -0.3 is 10.5 Å². The summed E-state index contributed by atoms with van der Waals surface area (Å²) in [6.45, 7) is 0. The average Bonchev–Trinajstić information content (AvgIpc) is 2.38. The van der Waals surface area contributed by atoms with Gasteiger partial charge in [0, 0.05) is 12.0 Å². The van der Waals surface area contributed by atoms with Crippen LogP contribution in [0.25, 0.3) is 10.8 Å². The standard InChI is InChI=1S/C14H14F3NO/c1-19-12-7-6-9-4-2-3-5-10(9)11(12)8-13(18)14(15,16)17/h2-7,13H,8,18H2,1H3. The highest BCUT2D eigenvalue weighted by molar-refractivity contribution is 5.87. The normalized spacial score (nSPS) is 13.5. The molecule has 5 heteroatoms. The summed E-state index contributed by atoms with van der Waals surface area (Å²) in [4.78, 5) is 0. The van der Waals surface area contributed by atoms with Crippen molar-refractivity contribution in [3.8, 4) is 5.75 Å². The van der Waals surface area contributed by atoms with E-state index in [4.69, 9.17) is 10.5 Å². The van der Waals surface area contributed by atoms with E-state index in [1.54, 1.807) is 18.2 Å². The third-order valence-electron chi connectivity index (χ3n) is 3.06. The van der Waals surface area contributed by atoms with Crippen LogP contribution in [0, 0.1) is 0 Å². The Kier molecular flexibility index (Phi) is 3.66. The summed E-state index contributed by atoms with van der Waals surface area (Å²) >= 11 is 0. The van der Waals surface area contributed by atoms with Gasteiger partial charge in [0.25, 0.3) is 0 Å². The quantitative estimate of drug-likeness (QED) is 0.928. The molecule has 0 saturated carbocycles. The summed E-state index contributed by atoms with van der Waals surface area (Å²) < 4.78 is 43.0. The minimum atomic E-state index is -4.41. The zero-order valence-corrected chi connectivity index (χ0v) is 10.4. The van der Waals surface area contributed by atoms with Gasteiger partial charge in [-0.2, -0.15) is 13.2 Å². The van der Waals surface area contributed by atoms with Crippen LogP contribution in [-0.4, -0.2) is 19.3 Å². The van der Waals surface area contributed by atoms with E-state index >= 15 is 0 Å². The molecule has 0 aliphatic rings. The molecule has 102 valence electrons. The number of hydrogen-bond acceptors (Lipinski definition) is 2. The van der Waals surface area contributed by atoms with Crippen molar-refractivity contribution in [3.63, 3.8) is 0 Å². The first-order chi connectivity index (χ1) is 8.93. The molecule has 0 saturated heterocycles. The Bertz CT molecular complexity index is 580. The molecule has 2 rings (SSSR count). The lowest BCUT2D eigenvalue weighted by molar-refractivity contribution is -0.147. The maximum absolute atomic E-state index is 12.6. The van der Waals surface area contributed by atoms with Crippen molar-refractivity contribution in [2.45, 2.75) is 18.6 Å². The number of hydrogen-bond donors (Lipinski definition) is 1. The van der Waals surface area contributed by atoms with E-state index in [0.717, 1.165) is 10.8 Å². The molecule has 0 spiro atoms. The Morgan fingerprint density at radius 3 is 2.47 bits per heavy atom. The topological polar surface area (TPSA) is 35.2 Å². The predicted octanol–water partition coefficient (Wildman–Crippen LogP) is 3.28. The van der Waals surface area contributed by atoms with Crippen LogP contribution in [-0.2, 0) is 6.42 Å². The smallest absolute Gasteiger partial charge is 0.403 e. The van der Waals surface area contributed by atoms with Crippen LogP contribution in [0.2, 0.25) is 0 Å². The highest BCUT2D eigenvalue weighted by Gasteiger charge is 2.37. The van der Waals surface area contributed by atoms with Gasteiger partial charge in [-0.25, -0.2) is 0 Å². The number of halogens is 3. The SMILES string of the molecule is COc1ccc2ccccc2c1CC(N)C(F)(F)F. The van der Waals surface area contributed by atoms with Gasteiger partial charge in [0.2, 0.25) is 0 Å². The minimum absolute atomic E-state index is 0.298. The van der Waals surface area contributed by atoms with Gasteiger partial charge in [-0.3, -0.25) is 0 Å². The molecule has 2 aromatic carbocycles. The van der Waals surface area contributed by atoms with Gasteiger partial charge in [-0.1, -0.05) is 30.3 Å². The summed E-state index contributed by atoms with van der Waals surface area (Å²) in [5.74, 6) is 0.429. The van der Waals surface area contributed by atoms with Crippen LogP contribution in [0.3, 0.4) is 0 Å². The second-order valence-electron chi connectivity index (χ2n) is 4.32. The molecule has 1 atom stereocenters. The fourth-order valence-electron chi connectivity index (χ4n) is 2.05. The van der Waals surface area contributed by atoms with E-state index in [-0.39, 0.29) is 6.42 Å². The molecule has 0 amide bonds. The van der Waals surface area contributed by atoms with Gasteiger partial charge in [-0.15, -0.1) is 0 Å². The van der Waals surface area contributed by atoms with Gasteiger partial charge in [-0.05, 0) is 16.8 Å². The Hall–Kier alpha value is -1.75. The van der Waals surface area contributed by atoms with Gasteiger partial charge in [0.1, 0.15) is 11.8 Å². The van der Waals surface area contributed by atoms with Crippen molar-refractivity contribution in [1.29, 1.82) is 0 Å². The van der Waals surface area contributed by atoms with Crippen LogP contribution in [0.5, 0.6) is 5.75 Å². The fraction of sp³-hybridized carbons (Fsp3) is 0.286. The third kappa shape index (κ3) is 2.81. The monoisotopic (exact) mass is 269 g/mol. The second kappa shape index (κ2) is 5.09. The summed E-state index contributed by atoms with van der Waals surface area (Å²) in [6.07, 6.45) is -4.71. The summed E-state index contributed by atoms with van der Waals surface area (Å²) in [5.41, 5.74) is 5.71. The molecule has 0 fully saturated rings. The number of methoxy groups -OCH3 is 1. The van der Waals surface area contributed by atoms with Crippen molar-refractivity contribution < 1.29 is 17.9 Å². The average molecular weight is 269 g/mol. The van der Waals surface area contributed by atoms with Crippen LogP contribution in [0.15, 0.2) is 36.4 Å². The molecule has 19 heavy (non-hydrogen) atoms. The van der Waals surface area contributed by atoms with Gasteiger partial charge >= 0.3 is 6.18 Å². The number of fused-ring (bicyclic) bond motifs is 1. The molecule has 2 aromatic rings. The second-order valence-corrected chi connectivity index (χ2v) is 4.32. The highest BCUT2D eigenvalue weighted by Crippen LogP contribution is 2.31. The van der Waals surface area contributed by atoms with E-state index in [1.807, 2.05) is 18.2 Å². The molecule has 2 N–H and O–H groups in total. The molecule has 0 radical (unpaired) electrons. The fourth-order valence-corrected chi connectivity index (χ4v) is 2.05. The van der Waals surface area contributed by atoms with E-state index in [2.05, 4.69) is 0 Å². The molecular weight excluding hydrogens is 255 g/mol. The number of benzene rings is 2. The Labute approximate surface area is 109 Å². The van der Waals surface area contributed by atoms with Crippen LogP contribution < -0.4 is 10.5 Å². The first-order valence-corrected chi connectivity index (χ1v) is 5.80. The molecule has 0 aliphatic heterocycles. The Balaban J connectivity index is 2.50. The maximum atomic E-state index is 12.6. The lowest BCUT2D eigenvalue weighted by Gasteiger charge is -2.18. The first kappa shape index (κ1) is 13.7. The largest absolute Gasteiger partial charge is 0.496 e. The molecule has 0 aliphatic carbocycles. The van der Waals surface area contributed by atoms with Crippen molar-refractivity contribution in [2.75, 3.05) is 7.11 Å². The molecule has 1 unspecified atom stereocenters. The Morgan fingerprint density at radius 1 is 1.16 bits per heavy atom. The predicted molar refractivity (Wildman–Crippen MR) is 68.2 cm³/mol. The summed E-state index contributed by atoms with van der Waals surface area (Å²) in [7, 11) is 1.44. The summed E-state index contributed by atoms with van der Waals surface area (Å²) in [5, 5.41) is 1.61. The number of nitrogens with two attached hydrogens (primary N) is 1. The highest BCUT2D eigenvalue weighted by atomic mass is 19.4.